The number of hydrogen-bond donors (Lipinski definition) is 0. The lowest BCUT2D eigenvalue weighted by Crippen LogP contribution is -2.24. The molecule has 0 saturated heterocycles. The van der Waals surface area contributed by atoms with Crippen molar-refractivity contribution >= 4 is 17.3 Å². The van der Waals surface area contributed by atoms with E-state index in [1.807, 2.05) is 10.8 Å². The summed E-state index contributed by atoms with van der Waals surface area (Å²) in [5.74, 6) is 1.58. The maximum absolute atomic E-state index is 11.6. The molecule has 1 aliphatic heterocycles. The number of esters is 1. The molecule has 0 atom stereocenters. The molecule has 4 nitrogen and oxygen atoms in total. The van der Waals surface area contributed by atoms with Crippen LogP contribution in [0.4, 0.5) is 0 Å². The van der Waals surface area contributed by atoms with Crippen molar-refractivity contribution in [2.75, 3.05) is 19.8 Å². The van der Waals surface area contributed by atoms with Crippen LogP contribution in [0.25, 0.3) is 0 Å². The number of thiophene rings is 1. The Kier molecular flexibility index (Phi) is 6.18. The Labute approximate surface area is 124 Å². The van der Waals surface area contributed by atoms with Gasteiger partial charge in [-0.1, -0.05) is 26.2 Å². The first-order chi connectivity index (χ1) is 9.79. The zero-order valence-electron chi connectivity index (χ0n) is 11.9. The van der Waals surface area contributed by atoms with Crippen molar-refractivity contribution in [1.82, 2.24) is 0 Å². The fourth-order valence-corrected chi connectivity index (χ4v) is 2.71. The molecule has 0 aliphatic carbocycles. The highest BCUT2D eigenvalue weighted by molar-refractivity contribution is 7.08. The van der Waals surface area contributed by atoms with Crippen molar-refractivity contribution in [3.05, 3.63) is 10.8 Å². The highest BCUT2D eigenvalue weighted by Crippen LogP contribution is 2.34. The number of ether oxygens (including phenoxy) is 3. The lowest BCUT2D eigenvalue weighted by atomic mass is 10.1. The normalized spacial score (nSPS) is 14.8. The fraction of sp³-hybridized carbons (Fsp3) is 0.667. The lowest BCUT2D eigenvalue weighted by Gasteiger charge is -2.13. The van der Waals surface area contributed by atoms with E-state index in [9.17, 15) is 4.79 Å². The Balaban J connectivity index is 1.62. The van der Waals surface area contributed by atoms with Gasteiger partial charge in [-0.05, 0) is 6.42 Å². The molecule has 0 saturated carbocycles. The smallest absolute Gasteiger partial charge is 0.305 e. The molecule has 1 aromatic heterocycles. The van der Waals surface area contributed by atoms with Gasteiger partial charge in [0.05, 0.1) is 19.1 Å². The maximum Gasteiger partial charge on any atom is 0.305 e. The molecule has 2 heterocycles. The maximum atomic E-state index is 11.6. The average Bonchev–Trinajstić information content (AvgIpc) is 2.82. The van der Waals surface area contributed by atoms with Crippen LogP contribution in [0.1, 0.15) is 39.0 Å². The van der Waals surface area contributed by atoms with Gasteiger partial charge in [0.2, 0.25) is 0 Å². The van der Waals surface area contributed by atoms with Gasteiger partial charge in [0.1, 0.15) is 6.61 Å². The zero-order chi connectivity index (χ0) is 14.2. The summed E-state index contributed by atoms with van der Waals surface area (Å²) < 4.78 is 16.6. The summed E-state index contributed by atoms with van der Waals surface area (Å²) in [4.78, 5) is 11.6. The van der Waals surface area contributed by atoms with E-state index in [2.05, 4.69) is 6.92 Å². The third kappa shape index (κ3) is 4.71. The van der Waals surface area contributed by atoms with E-state index in [4.69, 9.17) is 14.2 Å². The van der Waals surface area contributed by atoms with E-state index in [1.54, 1.807) is 11.3 Å². The number of fused-ring (bicyclic) bond motifs is 1. The second-order valence-electron chi connectivity index (χ2n) is 5.08. The highest BCUT2D eigenvalue weighted by atomic mass is 32.1. The van der Waals surface area contributed by atoms with Crippen LogP contribution < -0.4 is 9.47 Å². The predicted octanol–water partition coefficient (Wildman–Crippen LogP) is 3.65. The molecule has 0 bridgehead atoms. The van der Waals surface area contributed by atoms with E-state index in [1.165, 1.54) is 12.8 Å². The molecule has 0 N–H and O–H groups in total. The third-order valence-corrected chi connectivity index (χ3v) is 3.96. The molecule has 1 aliphatic rings. The van der Waals surface area contributed by atoms with Crippen LogP contribution in [-0.4, -0.2) is 25.8 Å². The van der Waals surface area contributed by atoms with Crippen LogP contribution in [0.2, 0.25) is 0 Å². The molecule has 1 aromatic rings. The molecular weight excluding hydrogens is 276 g/mol. The molecule has 20 heavy (non-hydrogen) atoms. The van der Waals surface area contributed by atoms with Gasteiger partial charge in [-0.15, -0.1) is 11.3 Å². The second kappa shape index (κ2) is 8.15. The summed E-state index contributed by atoms with van der Waals surface area (Å²) in [5.41, 5.74) is 0. The van der Waals surface area contributed by atoms with Gasteiger partial charge in [0, 0.05) is 17.2 Å². The molecule has 0 spiro atoms. The molecule has 0 amide bonds. The van der Waals surface area contributed by atoms with Gasteiger partial charge in [0.15, 0.2) is 11.5 Å². The first-order valence-corrected chi connectivity index (χ1v) is 8.21. The van der Waals surface area contributed by atoms with Crippen LogP contribution in [0.3, 0.4) is 0 Å². The number of carbonyl (C=O) groups excluding carboxylic acids is 1. The van der Waals surface area contributed by atoms with Crippen molar-refractivity contribution in [2.45, 2.75) is 39.0 Å². The summed E-state index contributed by atoms with van der Waals surface area (Å²) in [6, 6.07) is 0. The van der Waals surface area contributed by atoms with Crippen LogP contribution >= 0.6 is 11.3 Å². The van der Waals surface area contributed by atoms with Crippen LogP contribution in [0.15, 0.2) is 10.8 Å². The van der Waals surface area contributed by atoms with Crippen molar-refractivity contribution in [3.8, 4) is 11.5 Å². The van der Waals surface area contributed by atoms with Gasteiger partial charge in [-0.25, -0.2) is 0 Å². The Morgan fingerprint density at radius 2 is 1.95 bits per heavy atom. The highest BCUT2D eigenvalue weighted by Gasteiger charge is 2.20. The monoisotopic (exact) mass is 298 g/mol. The number of rotatable bonds is 7. The van der Waals surface area contributed by atoms with E-state index >= 15 is 0 Å². The Morgan fingerprint density at radius 1 is 1.25 bits per heavy atom. The average molecular weight is 298 g/mol. The van der Waals surface area contributed by atoms with E-state index in [0.717, 1.165) is 24.3 Å². The van der Waals surface area contributed by atoms with E-state index < -0.39 is 0 Å². The molecule has 0 radical (unpaired) electrons. The Bertz CT molecular complexity index is 393. The van der Waals surface area contributed by atoms with E-state index in [-0.39, 0.29) is 11.9 Å². The van der Waals surface area contributed by atoms with Gasteiger partial charge >= 0.3 is 5.97 Å². The lowest BCUT2D eigenvalue weighted by molar-refractivity contribution is -0.145. The predicted molar refractivity (Wildman–Crippen MR) is 78.5 cm³/mol. The van der Waals surface area contributed by atoms with Crippen LogP contribution in [0, 0.1) is 5.92 Å². The van der Waals surface area contributed by atoms with Crippen molar-refractivity contribution in [3.63, 3.8) is 0 Å². The van der Waals surface area contributed by atoms with E-state index in [0.29, 0.717) is 26.2 Å². The molecule has 0 aromatic carbocycles. The summed E-state index contributed by atoms with van der Waals surface area (Å²) in [5, 5.41) is 3.86. The number of carbonyl (C=O) groups is 1. The second-order valence-corrected chi connectivity index (χ2v) is 5.83. The summed E-state index contributed by atoms with van der Waals surface area (Å²) in [6.07, 6.45) is 4.89. The van der Waals surface area contributed by atoms with Crippen LogP contribution in [0.5, 0.6) is 11.5 Å². The molecule has 5 heteroatoms. The number of unbranched alkanes of at least 4 members (excludes halogenated alkanes) is 3. The molecule has 2 rings (SSSR count). The van der Waals surface area contributed by atoms with Crippen molar-refractivity contribution < 1.29 is 19.0 Å². The van der Waals surface area contributed by atoms with Crippen LogP contribution in [-0.2, 0) is 9.53 Å². The SMILES string of the molecule is CCCCCCC(=O)OCC1COc2cscc2OC1. The zero-order valence-corrected chi connectivity index (χ0v) is 12.7. The quantitative estimate of drug-likeness (QED) is 0.569. The summed E-state index contributed by atoms with van der Waals surface area (Å²) >= 11 is 1.56. The topological polar surface area (TPSA) is 44.8 Å². The minimum absolute atomic E-state index is 0.104. The van der Waals surface area contributed by atoms with Gasteiger partial charge in [-0.3, -0.25) is 4.79 Å². The summed E-state index contributed by atoms with van der Waals surface area (Å²) in [7, 11) is 0. The Hall–Kier alpha value is -1.23. The minimum atomic E-state index is -0.112. The minimum Gasteiger partial charge on any atom is -0.488 e. The van der Waals surface area contributed by atoms with Gasteiger partial charge in [-0.2, -0.15) is 0 Å². The summed E-state index contributed by atoms with van der Waals surface area (Å²) in [6.45, 7) is 3.60. The molecule has 112 valence electrons. The fourth-order valence-electron chi connectivity index (χ4n) is 2.02. The number of hydrogen-bond acceptors (Lipinski definition) is 5. The molecular formula is C15H22O4S. The third-order valence-electron chi connectivity index (χ3n) is 3.26. The molecule has 0 fully saturated rings. The Morgan fingerprint density at radius 3 is 2.60 bits per heavy atom. The standard InChI is InChI=1S/C15H22O4S/c1-2-3-4-5-6-15(16)19-9-12-7-17-13-10-20-11-14(13)18-8-12/h10-12H,2-9H2,1H3. The van der Waals surface area contributed by atoms with Crippen molar-refractivity contribution in [2.24, 2.45) is 5.92 Å². The largest absolute Gasteiger partial charge is 0.488 e. The first kappa shape index (κ1) is 15.2. The molecule has 0 unspecified atom stereocenters. The van der Waals surface area contributed by atoms with Gasteiger partial charge in [0.25, 0.3) is 0 Å². The first-order valence-electron chi connectivity index (χ1n) is 7.27. The van der Waals surface area contributed by atoms with Crippen molar-refractivity contribution in [1.29, 1.82) is 0 Å². The van der Waals surface area contributed by atoms with Gasteiger partial charge < -0.3 is 14.2 Å².